The van der Waals surface area contributed by atoms with Crippen molar-refractivity contribution in [2.75, 3.05) is 26.4 Å². The van der Waals surface area contributed by atoms with E-state index in [0.717, 1.165) is 0 Å². The maximum Gasteiger partial charge on any atom is 0.475 e. The van der Waals surface area contributed by atoms with Crippen LogP contribution in [0.15, 0.2) is 0 Å². The Bertz CT molecular complexity index is 1200. The molecule has 0 aromatic rings. The molecule has 272 valence electrons. The van der Waals surface area contributed by atoms with Crippen LogP contribution >= 0.6 is 23.5 Å². The van der Waals surface area contributed by atoms with Crippen molar-refractivity contribution in [3.63, 3.8) is 0 Å². The molecule has 18 atom stereocenters. The van der Waals surface area contributed by atoms with E-state index in [4.69, 9.17) is 53.9 Å². The third-order valence-corrected chi connectivity index (χ3v) is 10.6. The molecule has 47 heavy (non-hydrogen) atoms. The third-order valence-electron chi connectivity index (χ3n) is 7.61. The Morgan fingerprint density at radius 1 is 0.660 bits per heavy atom. The summed E-state index contributed by atoms with van der Waals surface area (Å²) in [5, 5.41) is 59.8. The average molecular weight is 746 g/mol. The van der Waals surface area contributed by atoms with E-state index in [0.29, 0.717) is 0 Å². The number of ether oxygens (including phenoxy) is 4. The Morgan fingerprint density at radius 2 is 1.21 bits per heavy atom. The van der Waals surface area contributed by atoms with Crippen molar-refractivity contribution in [3.05, 3.63) is 0 Å². The maximum absolute atomic E-state index is 12.9. The molecule has 4 fully saturated rings. The van der Waals surface area contributed by atoms with Crippen molar-refractivity contribution >= 4 is 31.3 Å². The van der Waals surface area contributed by atoms with Crippen molar-refractivity contribution in [1.82, 2.24) is 0 Å². The summed E-state index contributed by atoms with van der Waals surface area (Å²) < 4.78 is 88.0. The number of aliphatic hydroxyl groups is 6. The Labute approximate surface area is 268 Å². The molecule has 0 bridgehead atoms. The van der Waals surface area contributed by atoms with Gasteiger partial charge in [-0.25, -0.2) is 13.7 Å². The van der Waals surface area contributed by atoms with Gasteiger partial charge in [0.25, 0.3) is 0 Å². The highest BCUT2D eigenvalue weighted by Crippen LogP contribution is 2.53. The van der Waals surface area contributed by atoms with Crippen molar-refractivity contribution < 1.29 is 105 Å². The predicted octanol–water partition coefficient (Wildman–Crippen LogP) is -3.89. The minimum Gasteiger partial charge on any atom is -0.394 e. The smallest absolute Gasteiger partial charge is 0.394 e. The van der Waals surface area contributed by atoms with Gasteiger partial charge in [0.05, 0.1) is 38.6 Å². The molecule has 4 saturated heterocycles. The van der Waals surface area contributed by atoms with E-state index in [-0.39, 0.29) is 6.61 Å². The molecule has 0 aromatic heterocycles. The van der Waals surface area contributed by atoms with Gasteiger partial charge in [-0.3, -0.25) is 27.1 Å². The van der Waals surface area contributed by atoms with Crippen LogP contribution in [-0.2, 0) is 59.8 Å². The molecule has 26 heteroatoms. The lowest BCUT2D eigenvalue weighted by Crippen LogP contribution is -2.38. The molecule has 9 N–H and O–H groups in total. The van der Waals surface area contributed by atoms with Crippen molar-refractivity contribution in [3.8, 4) is 0 Å². The molecular weight excluding hydrogens is 708 g/mol. The van der Waals surface area contributed by atoms with E-state index in [1.807, 2.05) is 0 Å². The van der Waals surface area contributed by atoms with Crippen LogP contribution in [0.3, 0.4) is 0 Å². The van der Waals surface area contributed by atoms with Gasteiger partial charge in [-0.15, -0.1) is 0 Å². The third kappa shape index (κ3) is 9.87. The first-order valence-corrected chi connectivity index (χ1v) is 18.6. The van der Waals surface area contributed by atoms with Crippen molar-refractivity contribution in [2.24, 2.45) is 0 Å². The highest BCUT2D eigenvalue weighted by Gasteiger charge is 2.53. The molecule has 0 amide bonds. The zero-order valence-corrected chi connectivity index (χ0v) is 27.4. The number of phosphoric acid groups is 3. The second-order valence-electron chi connectivity index (χ2n) is 11.1. The molecule has 0 spiro atoms. The fraction of sp³-hybridized carbons (Fsp3) is 1.00. The zero-order chi connectivity index (χ0) is 35.1. The monoisotopic (exact) mass is 746 g/mol. The topological polar surface area (TPSA) is 326 Å². The maximum atomic E-state index is 12.9. The summed E-state index contributed by atoms with van der Waals surface area (Å²) in [6.45, 7) is 0.160. The minimum absolute atomic E-state index is 0.243. The quantitative estimate of drug-likeness (QED) is 0.0571. The second-order valence-corrected chi connectivity index (χ2v) is 15.3. The van der Waals surface area contributed by atoms with Gasteiger partial charge >= 0.3 is 23.5 Å². The van der Waals surface area contributed by atoms with Crippen LogP contribution in [0.5, 0.6) is 0 Å². The number of phosphoric ester groups is 3. The summed E-state index contributed by atoms with van der Waals surface area (Å²) in [5.74, 6) is 0. The average Bonchev–Trinajstić information content (AvgIpc) is 3.62. The van der Waals surface area contributed by atoms with Gasteiger partial charge in [-0.1, -0.05) is 0 Å². The lowest BCUT2D eigenvalue weighted by atomic mass is 9.93. The van der Waals surface area contributed by atoms with Crippen LogP contribution in [0.1, 0.15) is 13.8 Å². The molecule has 0 saturated carbocycles. The first-order chi connectivity index (χ1) is 21.7. The van der Waals surface area contributed by atoms with Gasteiger partial charge in [0, 0.05) is 6.00 Å². The summed E-state index contributed by atoms with van der Waals surface area (Å²) in [6, 6.07) is -1.55. The van der Waals surface area contributed by atoms with Crippen LogP contribution in [0.25, 0.3) is 0 Å². The first-order valence-electron chi connectivity index (χ1n) is 14.1. The van der Waals surface area contributed by atoms with Crippen LogP contribution in [0, 0.1) is 0 Å². The van der Waals surface area contributed by atoms with Crippen LogP contribution in [0.4, 0.5) is 0 Å². The second kappa shape index (κ2) is 15.7. The summed E-state index contributed by atoms with van der Waals surface area (Å²) in [5.41, 5.74) is 0. The van der Waals surface area contributed by atoms with Gasteiger partial charge in [-0.2, -0.15) is 0 Å². The van der Waals surface area contributed by atoms with E-state index in [2.05, 4.69) is 0 Å². The molecule has 11 unspecified atom stereocenters. The molecular formula is C21H38BO22P3. The van der Waals surface area contributed by atoms with Crippen molar-refractivity contribution in [2.45, 2.75) is 105 Å². The van der Waals surface area contributed by atoms with Gasteiger partial charge in [0.1, 0.15) is 75.0 Å². The molecule has 4 aliphatic rings. The van der Waals surface area contributed by atoms with E-state index >= 15 is 0 Å². The number of hydrogen-bond acceptors (Lipinski definition) is 19. The predicted molar refractivity (Wildman–Crippen MR) is 147 cm³/mol. The van der Waals surface area contributed by atoms with Gasteiger partial charge < -0.3 is 64.3 Å². The lowest BCUT2D eigenvalue weighted by Gasteiger charge is -2.26. The first kappa shape index (κ1) is 39.8. The van der Waals surface area contributed by atoms with Crippen molar-refractivity contribution in [1.29, 1.82) is 0 Å². The molecule has 4 rings (SSSR count). The number of hydrogen-bond donors (Lipinski definition) is 9. The molecule has 4 aliphatic heterocycles. The standard InChI is InChI=1S/C21H38BO22P3/c1-7-13(25)18(10(3-23)38-7)42-46(31,32)37-6-12-19(15(27)20(22)40-12)43-47(33,34)44-21-16(28)17(8(2)39-21)41-45(29,30)36-5-11-14(26)9(24)4-35-11/h7-21,23-28H,3-6H2,1-2H3,(H,29,30)(H,31,32)(H,33,34)/t7-,8-,9?,10?,11?,12?,13?,14+,15?,16+,17?,18-,19-,20+,21?/m0/s1. The Hall–Kier alpha value is -0.00506. The number of rotatable bonds is 15. The van der Waals surface area contributed by atoms with Crippen LogP contribution in [0.2, 0.25) is 0 Å². The normalized spacial score (nSPS) is 46.3. The zero-order valence-electron chi connectivity index (χ0n) is 24.7. The van der Waals surface area contributed by atoms with Gasteiger partial charge in [0.15, 0.2) is 6.29 Å². The summed E-state index contributed by atoms with van der Waals surface area (Å²) in [7, 11) is -9.72. The van der Waals surface area contributed by atoms with Gasteiger partial charge in [-0.05, 0) is 13.8 Å². The Balaban J connectivity index is 1.32. The van der Waals surface area contributed by atoms with Crippen LogP contribution in [-0.4, -0.2) is 171 Å². The molecule has 0 aromatic carbocycles. The highest BCUT2D eigenvalue weighted by molar-refractivity contribution is 7.48. The fourth-order valence-electron chi connectivity index (χ4n) is 5.09. The van der Waals surface area contributed by atoms with E-state index in [9.17, 15) is 59.0 Å². The Kier molecular flexibility index (Phi) is 13.3. The highest BCUT2D eigenvalue weighted by atomic mass is 31.2. The minimum atomic E-state index is -5.35. The molecule has 22 nitrogen and oxygen atoms in total. The summed E-state index contributed by atoms with van der Waals surface area (Å²) in [6.07, 6.45) is -20.9. The number of aliphatic hydroxyl groups excluding tert-OH is 6. The summed E-state index contributed by atoms with van der Waals surface area (Å²) >= 11 is 0. The Morgan fingerprint density at radius 3 is 1.79 bits per heavy atom. The molecule has 4 heterocycles. The summed E-state index contributed by atoms with van der Waals surface area (Å²) in [4.78, 5) is 30.7. The lowest BCUT2D eigenvalue weighted by molar-refractivity contribution is -0.125. The van der Waals surface area contributed by atoms with E-state index in [1.54, 1.807) is 0 Å². The largest absolute Gasteiger partial charge is 0.475 e. The molecule has 0 aliphatic carbocycles. The van der Waals surface area contributed by atoms with E-state index < -0.39 is 135 Å². The fourth-order valence-corrected chi connectivity index (χ4v) is 8.11. The van der Waals surface area contributed by atoms with E-state index in [1.165, 1.54) is 13.8 Å². The van der Waals surface area contributed by atoms with Crippen LogP contribution < -0.4 is 0 Å². The van der Waals surface area contributed by atoms with Gasteiger partial charge in [0.2, 0.25) is 0 Å². The SMILES string of the molecule is [B][C@@H]1OC(COP(=O)(O)O[C@H]2C(CO)O[C@@H](C)C2O)[C@H](OP(=O)(O)OC2O[C@@H](C)C(OP(=O)(O)OCC3OCC(O)[C@H]3O)[C@H]2O)C1O. The molecule has 2 radical (unpaired) electrons.